The van der Waals surface area contributed by atoms with E-state index in [0.29, 0.717) is 5.69 Å². The van der Waals surface area contributed by atoms with Crippen LogP contribution in [0.15, 0.2) is 24.3 Å². The maximum Gasteiger partial charge on any atom is 0.324 e. The number of carboxylic acids is 1. The lowest BCUT2D eigenvalue weighted by atomic mass is 10.3. The van der Waals surface area contributed by atoms with Crippen LogP contribution < -0.4 is 4.90 Å². The molecule has 6 heteroatoms. The molecule has 2 amide bonds. The van der Waals surface area contributed by atoms with E-state index in [1.54, 1.807) is 0 Å². The highest BCUT2D eigenvalue weighted by atomic mass is 19.1. The molecule has 0 bridgehead atoms. The number of amides is 2. The standard InChI is InChI=1S/C11H13FN2O3/c1-13(7-10(15)16)11(17)14(2)9-5-3-8(12)4-6-9/h3-6H,7H2,1-2H3,(H,15,16). The molecule has 0 saturated carbocycles. The molecule has 0 unspecified atom stereocenters. The number of aliphatic carboxylic acids is 1. The first-order valence-corrected chi connectivity index (χ1v) is 4.88. The Morgan fingerprint density at radius 2 is 1.76 bits per heavy atom. The fourth-order valence-electron chi connectivity index (χ4n) is 1.30. The number of carbonyl (C=O) groups is 2. The van der Waals surface area contributed by atoms with Crippen molar-refractivity contribution < 1.29 is 19.1 Å². The summed E-state index contributed by atoms with van der Waals surface area (Å²) in [6.45, 7) is -0.385. The lowest BCUT2D eigenvalue weighted by Gasteiger charge is -2.23. The summed E-state index contributed by atoms with van der Waals surface area (Å²) in [6, 6.07) is 4.88. The van der Waals surface area contributed by atoms with Crippen molar-refractivity contribution in [3.05, 3.63) is 30.1 Å². The van der Waals surface area contributed by atoms with Crippen molar-refractivity contribution in [3.8, 4) is 0 Å². The third-order valence-corrected chi connectivity index (χ3v) is 2.20. The summed E-state index contributed by atoms with van der Waals surface area (Å²) in [5.74, 6) is -1.48. The summed E-state index contributed by atoms with van der Waals surface area (Å²) in [5, 5.41) is 8.56. The van der Waals surface area contributed by atoms with Gasteiger partial charge in [-0.25, -0.2) is 9.18 Å². The molecule has 0 atom stereocenters. The minimum Gasteiger partial charge on any atom is -0.480 e. The first-order chi connectivity index (χ1) is 7.91. The molecule has 1 rings (SSSR count). The van der Waals surface area contributed by atoms with Crippen LogP contribution in [0.2, 0.25) is 0 Å². The second-order valence-corrected chi connectivity index (χ2v) is 3.57. The number of benzene rings is 1. The summed E-state index contributed by atoms with van der Waals surface area (Å²) in [4.78, 5) is 24.5. The van der Waals surface area contributed by atoms with Crippen molar-refractivity contribution in [3.63, 3.8) is 0 Å². The Morgan fingerprint density at radius 3 is 2.24 bits per heavy atom. The zero-order chi connectivity index (χ0) is 13.0. The molecule has 0 saturated heterocycles. The average Bonchev–Trinajstić information content (AvgIpc) is 2.27. The molecule has 0 aliphatic rings. The molecule has 1 N–H and O–H groups in total. The van der Waals surface area contributed by atoms with Crippen molar-refractivity contribution in [1.29, 1.82) is 0 Å². The molecular formula is C11H13FN2O3. The Balaban J connectivity index is 2.75. The summed E-state index contributed by atoms with van der Waals surface area (Å²) in [7, 11) is 2.88. The zero-order valence-electron chi connectivity index (χ0n) is 9.55. The van der Waals surface area contributed by atoms with Crippen molar-refractivity contribution in [1.82, 2.24) is 4.90 Å². The summed E-state index contributed by atoms with van der Waals surface area (Å²) < 4.78 is 12.7. The summed E-state index contributed by atoms with van der Waals surface area (Å²) >= 11 is 0. The van der Waals surface area contributed by atoms with Crippen LogP contribution in [0.1, 0.15) is 0 Å². The number of rotatable bonds is 3. The lowest BCUT2D eigenvalue weighted by Crippen LogP contribution is -2.41. The molecule has 92 valence electrons. The van der Waals surface area contributed by atoms with Crippen LogP contribution in [0, 0.1) is 5.82 Å². The molecule has 0 aliphatic carbocycles. The Labute approximate surface area is 98.1 Å². The second-order valence-electron chi connectivity index (χ2n) is 3.57. The van der Waals surface area contributed by atoms with Crippen molar-refractivity contribution in [2.45, 2.75) is 0 Å². The van der Waals surface area contributed by atoms with Crippen molar-refractivity contribution in [2.75, 3.05) is 25.5 Å². The molecule has 0 spiro atoms. The number of anilines is 1. The normalized spacial score (nSPS) is 9.82. The van der Waals surface area contributed by atoms with Crippen LogP contribution in [0.4, 0.5) is 14.9 Å². The second kappa shape index (κ2) is 5.29. The van der Waals surface area contributed by atoms with Gasteiger partial charge in [0.25, 0.3) is 0 Å². The van der Waals surface area contributed by atoms with E-state index in [4.69, 9.17) is 5.11 Å². The average molecular weight is 240 g/mol. The largest absolute Gasteiger partial charge is 0.480 e. The van der Waals surface area contributed by atoms with Gasteiger partial charge < -0.3 is 10.0 Å². The van der Waals surface area contributed by atoms with Gasteiger partial charge in [-0.3, -0.25) is 9.69 Å². The van der Waals surface area contributed by atoms with Crippen molar-refractivity contribution >= 4 is 17.7 Å². The summed E-state index contributed by atoms with van der Waals surface area (Å²) in [5.41, 5.74) is 0.494. The van der Waals surface area contributed by atoms with Gasteiger partial charge in [-0.15, -0.1) is 0 Å². The van der Waals surface area contributed by atoms with E-state index in [1.807, 2.05) is 0 Å². The maximum atomic E-state index is 12.7. The molecule has 0 aliphatic heterocycles. The number of urea groups is 1. The van der Waals surface area contributed by atoms with Gasteiger partial charge in [0.15, 0.2) is 0 Å². The van der Waals surface area contributed by atoms with E-state index in [2.05, 4.69) is 0 Å². The Morgan fingerprint density at radius 1 is 1.24 bits per heavy atom. The molecule has 1 aromatic rings. The number of hydrogen-bond acceptors (Lipinski definition) is 2. The Hall–Kier alpha value is -2.11. The van der Waals surface area contributed by atoms with Crippen LogP contribution in [0.3, 0.4) is 0 Å². The first kappa shape index (κ1) is 13.0. The molecule has 5 nitrogen and oxygen atoms in total. The molecule has 17 heavy (non-hydrogen) atoms. The van der Waals surface area contributed by atoms with E-state index in [0.717, 1.165) is 4.90 Å². The van der Waals surface area contributed by atoms with Crippen LogP contribution in [0.25, 0.3) is 0 Å². The Bertz CT molecular complexity index is 419. The van der Waals surface area contributed by atoms with Gasteiger partial charge in [0.2, 0.25) is 0 Å². The third kappa shape index (κ3) is 3.44. The number of carbonyl (C=O) groups excluding carboxylic acids is 1. The highest BCUT2D eigenvalue weighted by molar-refractivity contribution is 5.92. The van der Waals surface area contributed by atoms with Gasteiger partial charge >= 0.3 is 12.0 Å². The number of carboxylic acid groups (broad SMARTS) is 1. The topological polar surface area (TPSA) is 60.9 Å². The molecule has 0 radical (unpaired) electrons. The van der Waals surface area contributed by atoms with Gasteiger partial charge in [-0.1, -0.05) is 0 Å². The highest BCUT2D eigenvalue weighted by Gasteiger charge is 2.17. The fraction of sp³-hybridized carbons (Fsp3) is 0.273. The minimum absolute atomic E-state index is 0.385. The molecule has 0 heterocycles. The van der Waals surface area contributed by atoms with E-state index in [1.165, 1.54) is 43.3 Å². The van der Waals surface area contributed by atoms with Crippen molar-refractivity contribution in [2.24, 2.45) is 0 Å². The number of halogens is 1. The number of likely N-dealkylation sites (N-methyl/N-ethyl adjacent to an activating group) is 1. The van der Waals surface area contributed by atoms with Gasteiger partial charge in [0, 0.05) is 19.8 Å². The molecular weight excluding hydrogens is 227 g/mol. The quantitative estimate of drug-likeness (QED) is 0.868. The van der Waals surface area contributed by atoms with Crippen LogP contribution in [-0.2, 0) is 4.79 Å². The minimum atomic E-state index is -1.09. The maximum absolute atomic E-state index is 12.7. The number of hydrogen-bond donors (Lipinski definition) is 1. The van der Waals surface area contributed by atoms with E-state index in [9.17, 15) is 14.0 Å². The van der Waals surface area contributed by atoms with E-state index >= 15 is 0 Å². The van der Waals surface area contributed by atoms with Crippen LogP contribution >= 0.6 is 0 Å². The fourth-order valence-corrected chi connectivity index (χ4v) is 1.30. The van der Waals surface area contributed by atoms with Crippen LogP contribution in [0.5, 0.6) is 0 Å². The number of nitrogens with zero attached hydrogens (tertiary/aromatic N) is 2. The molecule has 1 aromatic carbocycles. The molecule has 0 aromatic heterocycles. The summed E-state index contributed by atoms with van der Waals surface area (Å²) in [6.07, 6.45) is 0. The van der Waals surface area contributed by atoms with Gasteiger partial charge in [-0.2, -0.15) is 0 Å². The van der Waals surface area contributed by atoms with E-state index in [-0.39, 0.29) is 6.54 Å². The van der Waals surface area contributed by atoms with E-state index < -0.39 is 17.8 Å². The predicted octanol–water partition coefficient (Wildman–Crippen LogP) is 1.40. The third-order valence-electron chi connectivity index (χ3n) is 2.20. The molecule has 0 fully saturated rings. The monoisotopic (exact) mass is 240 g/mol. The van der Waals surface area contributed by atoms with Gasteiger partial charge in [-0.05, 0) is 24.3 Å². The van der Waals surface area contributed by atoms with Gasteiger partial charge in [0.1, 0.15) is 12.4 Å². The van der Waals surface area contributed by atoms with Crippen LogP contribution in [-0.4, -0.2) is 42.6 Å². The predicted molar refractivity (Wildman–Crippen MR) is 60.5 cm³/mol. The lowest BCUT2D eigenvalue weighted by molar-refractivity contribution is -0.137. The smallest absolute Gasteiger partial charge is 0.324 e. The highest BCUT2D eigenvalue weighted by Crippen LogP contribution is 2.14. The first-order valence-electron chi connectivity index (χ1n) is 4.88. The van der Waals surface area contributed by atoms with Gasteiger partial charge in [0.05, 0.1) is 0 Å². The SMILES string of the molecule is CN(CC(=O)O)C(=O)N(C)c1ccc(F)cc1. The Kier molecular flexibility index (Phi) is 4.03. The zero-order valence-corrected chi connectivity index (χ0v) is 9.55.